The minimum absolute atomic E-state index is 0.0554. The summed E-state index contributed by atoms with van der Waals surface area (Å²) < 4.78 is 4.67. The van der Waals surface area contributed by atoms with Crippen molar-refractivity contribution in [3.05, 3.63) is 259 Å². The first-order chi connectivity index (χ1) is 52.8. The number of halogens is 4. The van der Waals surface area contributed by atoms with E-state index in [0.29, 0.717) is 91.0 Å². The van der Waals surface area contributed by atoms with Crippen LogP contribution in [0.2, 0.25) is 20.1 Å². The molecule has 34 heteroatoms. The average molecular weight is 1640 g/mol. The highest BCUT2D eigenvalue weighted by molar-refractivity contribution is 8.15. The van der Waals surface area contributed by atoms with Gasteiger partial charge in [-0.2, -0.15) is 20.4 Å². The van der Waals surface area contributed by atoms with E-state index in [1.165, 1.54) is 55.3 Å². The van der Waals surface area contributed by atoms with Crippen molar-refractivity contribution in [1.82, 2.24) is 30.3 Å². The monoisotopic (exact) mass is 1640 g/mol. The molecule has 568 valence electrons. The fourth-order valence-electron chi connectivity index (χ4n) is 10.1. The maximum Gasteiger partial charge on any atom is 0.397 e. The third kappa shape index (κ3) is 26.1. The van der Waals surface area contributed by atoms with Gasteiger partial charge in [0.2, 0.25) is 0 Å². The van der Waals surface area contributed by atoms with Gasteiger partial charge in [0.1, 0.15) is 0 Å². The summed E-state index contributed by atoms with van der Waals surface area (Å²) in [4.78, 5) is 120. The van der Waals surface area contributed by atoms with Crippen LogP contribution in [0.25, 0.3) is 0 Å². The van der Waals surface area contributed by atoms with Gasteiger partial charge >= 0.3 is 56.5 Å². The summed E-state index contributed by atoms with van der Waals surface area (Å²) in [6.07, 6.45) is 0. The molecule has 4 heterocycles. The van der Waals surface area contributed by atoms with Gasteiger partial charge in [-0.05, 0) is 163 Å². The van der Waals surface area contributed by atoms with Gasteiger partial charge in [0.05, 0.1) is 55.6 Å². The predicted molar refractivity (Wildman–Crippen MR) is 437 cm³/mol. The number of rotatable bonds is 19. The van der Waals surface area contributed by atoms with Crippen LogP contribution in [0.15, 0.2) is 215 Å². The minimum Gasteiger partial charge on any atom is -0.474 e. The fraction of sp³-hybridized carbons (Fsp3) is 0.184. The number of carbonyl (C=O) groups is 10. The Morgan fingerprint density at radius 3 is 1.04 bits per heavy atom. The van der Waals surface area contributed by atoms with Crippen LogP contribution in [0.5, 0.6) is 0 Å². The Bertz CT molecular complexity index is 4850. The number of carbonyl (C=O) groups excluding carboxylic acids is 9. The number of likely N-dealkylation sites (N-methyl/N-ethyl adjacent to an activating group) is 1. The molecular weight excluding hydrogens is 1570 g/mol. The number of hydrazone groups is 4. The van der Waals surface area contributed by atoms with Crippen molar-refractivity contribution in [2.75, 3.05) is 78.5 Å². The first-order valence-electron chi connectivity index (χ1n) is 33.3. The van der Waals surface area contributed by atoms with Gasteiger partial charge in [0.15, 0.2) is 0 Å². The lowest BCUT2D eigenvalue weighted by molar-refractivity contribution is -0.152. The van der Waals surface area contributed by atoms with E-state index in [2.05, 4.69) is 46.4 Å². The van der Waals surface area contributed by atoms with Gasteiger partial charge in [0, 0.05) is 78.9 Å². The van der Waals surface area contributed by atoms with Crippen molar-refractivity contribution in [2.45, 2.75) is 33.1 Å². The lowest BCUT2D eigenvalue weighted by Gasteiger charge is -2.23. The number of nitrogens with one attached hydrogen (secondary N) is 4. The number of carboxylic acids is 1. The number of hydrogen-bond donors (Lipinski definition) is 6. The van der Waals surface area contributed by atoms with E-state index >= 15 is 0 Å². The number of nitrogens with zero attached hydrogens (tertiary/aromatic N) is 9. The molecule has 4 aliphatic heterocycles. The maximum atomic E-state index is 12.4. The number of carboxylic acid groups (broad SMARTS) is 1. The minimum atomic E-state index is -1.57. The van der Waals surface area contributed by atoms with E-state index in [-0.39, 0.29) is 47.2 Å². The van der Waals surface area contributed by atoms with Crippen LogP contribution < -0.4 is 27.0 Å². The van der Waals surface area contributed by atoms with Crippen LogP contribution in [0.3, 0.4) is 0 Å². The molecule has 0 spiro atoms. The normalized spacial score (nSPS) is 14.0. The van der Waals surface area contributed by atoms with Crippen LogP contribution in [-0.4, -0.2) is 166 Å². The molecule has 0 atom stereocenters. The summed E-state index contributed by atoms with van der Waals surface area (Å²) in [6, 6.07) is 57.2. The molecule has 0 unspecified atom stereocenters. The van der Waals surface area contributed by atoms with Gasteiger partial charge in [-0.15, -0.1) is 0 Å². The molecule has 26 nitrogen and oxygen atoms in total. The van der Waals surface area contributed by atoms with E-state index in [4.69, 9.17) is 57.2 Å². The zero-order chi connectivity index (χ0) is 78.8. The lowest BCUT2D eigenvalue weighted by atomic mass is 10.1. The van der Waals surface area contributed by atoms with E-state index in [0.717, 1.165) is 73.6 Å². The van der Waals surface area contributed by atoms with Crippen molar-refractivity contribution in [3.63, 3.8) is 0 Å². The van der Waals surface area contributed by atoms with E-state index < -0.39 is 35.6 Å². The number of ether oxygens (including phenoxy) is 1. The number of nitrogens with two attached hydrogens (primary N) is 1. The summed E-state index contributed by atoms with van der Waals surface area (Å²) in [5.74, 6) is -3.94. The van der Waals surface area contributed by atoms with Gasteiger partial charge in [-0.3, -0.25) is 38.4 Å². The summed E-state index contributed by atoms with van der Waals surface area (Å²) in [6.45, 7) is 3.82. The summed E-state index contributed by atoms with van der Waals surface area (Å²) in [7, 11) is 3.76. The second-order valence-electron chi connectivity index (χ2n) is 24.0. The average Bonchev–Trinajstić information content (AvgIpc) is 0.841. The topological polar surface area (TPSA) is 340 Å². The Morgan fingerprint density at radius 1 is 0.436 bits per heavy atom. The highest BCUT2D eigenvalue weighted by atomic mass is 35.5. The number of benzene rings is 8. The molecule has 12 rings (SSSR count). The molecule has 0 aromatic heterocycles. The van der Waals surface area contributed by atoms with E-state index in [9.17, 15) is 47.9 Å². The molecule has 8 aromatic carbocycles. The molecule has 110 heavy (non-hydrogen) atoms. The van der Waals surface area contributed by atoms with E-state index in [1.807, 2.05) is 116 Å². The summed E-state index contributed by atoms with van der Waals surface area (Å²) in [5, 5.41) is 44.1. The van der Waals surface area contributed by atoms with Crippen LogP contribution in [0.1, 0.15) is 51.4 Å². The molecule has 8 amide bonds. The van der Waals surface area contributed by atoms with Crippen molar-refractivity contribution < 1.29 is 57.8 Å². The van der Waals surface area contributed by atoms with Gasteiger partial charge in [-0.25, -0.2) is 29.6 Å². The highest BCUT2D eigenvalue weighted by Gasteiger charge is 2.28. The number of hydrogen-bond acceptors (Lipinski definition) is 21. The number of anilines is 4. The second-order valence-corrected chi connectivity index (χ2v) is 29.4. The molecule has 0 aliphatic carbocycles. The van der Waals surface area contributed by atoms with Gasteiger partial charge in [-0.1, -0.05) is 191 Å². The molecule has 4 aliphatic rings. The molecule has 8 aromatic rings. The zero-order valence-corrected chi connectivity index (χ0v) is 65.2. The summed E-state index contributed by atoms with van der Waals surface area (Å²) in [5.41, 5.74) is 17.7. The Balaban J connectivity index is 0.000000170. The SMILES string of the molecule is CCOC(=O)C(=O)Nc1cccc(CN2N=C(c3ccc(Cl)cc3)CSC2=O)c1.CN(C)CCNC(=O)C(=O)Nc1cccc(CN2N=C(c3ccc(Cl)cc3)CSC2=O)c1.Nc1cccc(CN2N=C(c3ccc(Cl)cc3)CSC2=O)c1.O=C(O)C(=O)Nc1cccc(CN2N=C(c3ccc(Cl)cc3)CSC2=O)c1. The molecular formula is C76H70Cl4N14O12S4. The van der Waals surface area contributed by atoms with Crippen molar-refractivity contribution >= 4 is 196 Å². The fourth-order valence-corrected chi connectivity index (χ4v) is 13.5. The Morgan fingerprint density at radius 2 is 0.736 bits per heavy atom. The summed E-state index contributed by atoms with van der Waals surface area (Å²) >= 11 is 28.4. The van der Waals surface area contributed by atoms with Gasteiger partial charge in [0.25, 0.3) is 0 Å². The lowest BCUT2D eigenvalue weighted by Crippen LogP contribution is -2.38. The molecule has 0 bridgehead atoms. The smallest absolute Gasteiger partial charge is 0.397 e. The van der Waals surface area contributed by atoms with Crippen molar-refractivity contribution in [3.8, 4) is 0 Å². The Kier molecular flexibility index (Phi) is 31.4. The quantitative estimate of drug-likeness (QED) is 0.0249. The van der Waals surface area contributed by atoms with Crippen molar-refractivity contribution in [1.29, 1.82) is 0 Å². The standard InChI is InChI=1S/C22H24ClN5O3S.C20H18ClN3O4S.C18H14ClN3O4S.C16H14ClN3OS/c1-27(2)11-10-24-20(29)21(30)25-18-5-3-4-15(12-18)13-28-22(31)32-14-19(26-28)16-6-8-17(23)9-7-16;1-2-28-19(26)18(25)22-16-5-3-4-13(10-16)11-24-20(27)29-12-17(23-24)14-6-8-15(21)9-7-14;19-13-6-4-12(5-7-13)15-10-27-18(26)22(21-15)9-11-2-1-3-14(8-11)20-16(23)17(24)25;17-13-6-4-12(5-7-13)15-10-22-16(21)20(19-15)9-11-2-1-3-14(18)8-11/h3-9,12H,10-11,13-14H2,1-2H3,(H,24,29)(H,25,30);3-10H,2,11-12H2,1H3,(H,22,25);1-8H,9-10H2,(H,20,23)(H,24,25);1-8H,9-10,18H2. The first kappa shape index (κ1) is 83.5. The Hall–Kier alpha value is -10.5. The zero-order valence-electron chi connectivity index (χ0n) is 58.9. The third-order valence-corrected chi connectivity index (χ3v) is 19.9. The van der Waals surface area contributed by atoms with Crippen molar-refractivity contribution in [2.24, 2.45) is 20.4 Å². The first-order valence-corrected chi connectivity index (χ1v) is 38.8. The number of thioether (sulfide) groups is 4. The van der Waals surface area contributed by atoms with Gasteiger partial charge < -0.3 is 41.7 Å². The number of nitrogen functional groups attached to an aromatic ring is 1. The van der Waals surface area contributed by atoms with E-state index in [1.54, 1.807) is 104 Å². The molecule has 0 radical (unpaired) electrons. The van der Waals surface area contributed by atoms with Crippen LogP contribution in [0, 0.1) is 0 Å². The van der Waals surface area contributed by atoms with Crippen LogP contribution in [-0.2, 0) is 59.7 Å². The molecule has 7 N–H and O–H groups in total. The number of amides is 8. The largest absolute Gasteiger partial charge is 0.474 e. The maximum absolute atomic E-state index is 12.4. The third-order valence-electron chi connectivity index (χ3n) is 15.4. The number of esters is 1. The number of aliphatic carboxylic acids is 1. The predicted octanol–water partition coefficient (Wildman–Crippen LogP) is 14.4. The van der Waals surface area contributed by atoms with Crippen LogP contribution >= 0.6 is 93.5 Å². The molecule has 0 saturated carbocycles. The molecule has 0 fully saturated rings. The highest BCUT2D eigenvalue weighted by Crippen LogP contribution is 2.29. The molecule has 0 saturated heterocycles. The van der Waals surface area contributed by atoms with Crippen LogP contribution in [0.4, 0.5) is 41.9 Å². The second kappa shape index (κ2) is 41.3. The Labute approximate surface area is 669 Å².